The molecule has 31 heavy (non-hydrogen) atoms. The van der Waals surface area contributed by atoms with E-state index in [1.54, 1.807) is 18.2 Å². The Hall–Kier alpha value is -3.24. The van der Waals surface area contributed by atoms with Crippen LogP contribution in [0.25, 0.3) is 21.6 Å². The summed E-state index contributed by atoms with van der Waals surface area (Å²) in [5.74, 6) is -1.10. The summed E-state index contributed by atoms with van der Waals surface area (Å²) in [6.45, 7) is 1.42. The molecule has 1 aromatic heterocycles. The molecule has 0 aliphatic carbocycles. The number of halogens is 2. The number of hydrogen-bond acceptors (Lipinski definition) is 4. The normalized spacial score (nSPS) is 13.7. The van der Waals surface area contributed by atoms with Crippen molar-refractivity contribution in [3.05, 3.63) is 64.5 Å². The van der Waals surface area contributed by atoms with E-state index in [1.165, 1.54) is 42.7 Å². The van der Waals surface area contributed by atoms with Crippen LogP contribution in [-0.4, -0.2) is 31.0 Å². The number of thiophene rings is 1. The second-order valence-electron chi connectivity index (χ2n) is 7.36. The minimum Gasteiger partial charge on any atom is -0.494 e. The molecule has 4 rings (SSSR count). The highest BCUT2D eigenvalue weighted by atomic mass is 32.1. The molecule has 0 radical (unpaired) electrons. The SMILES string of the molecule is COc1ccc(-c2sc(C(=O)N3CCCCC3)cc2-c2ccc(C#N)c(F)c2)cc1F. The number of ether oxygens (including phenoxy) is 1. The van der Waals surface area contributed by atoms with E-state index in [2.05, 4.69) is 0 Å². The average molecular weight is 438 g/mol. The van der Waals surface area contributed by atoms with Crippen LogP contribution in [0, 0.1) is 23.0 Å². The molecule has 1 aliphatic rings. The molecule has 4 nitrogen and oxygen atoms in total. The summed E-state index contributed by atoms with van der Waals surface area (Å²) in [6.07, 6.45) is 3.06. The molecule has 2 aromatic carbocycles. The number of amides is 1. The first kappa shape index (κ1) is 21.0. The smallest absolute Gasteiger partial charge is 0.263 e. The summed E-state index contributed by atoms with van der Waals surface area (Å²) in [4.78, 5) is 16.1. The van der Waals surface area contributed by atoms with Crippen molar-refractivity contribution in [2.45, 2.75) is 19.3 Å². The number of nitriles is 1. The molecule has 1 saturated heterocycles. The molecule has 0 saturated carbocycles. The quantitative estimate of drug-likeness (QED) is 0.512. The van der Waals surface area contributed by atoms with Crippen LogP contribution in [0.4, 0.5) is 8.78 Å². The lowest BCUT2D eigenvalue weighted by molar-refractivity contribution is 0.0729. The van der Waals surface area contributed by atoms with Crippen molar-refractivity contribution in [2.24, 2.45) is 0 Å². The zero-order valence-corrected chi connectivity index (χ0v) is 17.8. The Morgan fingerprint density at radius 3 is 2.39 bits per heavy atom. The van der Waals surface area contributed by atoms with E-state index in [0.717, 1.165) is 19.3 Å². The fraction of sp³-hybridized carbons (Fsp3) is 0.250. The molecule has 158 valence electrons. The molecular weight excluding hydrogens is 418 g/mol. The first-order valence-corrected chi connectivity index (χ1v) is 10.8. The molecule has 0 atom stereocenters. The lowest BCUT2D eigenvalue weighted by atomic mass is 10.0. The molecule has 3 aromatic rings. The van der Waals surface area contributed by atoms with Crippen molar-refractivity contribution in [3.8, 4) is 33.4 Å². The van der Waals surface area contributed by atoms with E-state index >= 15 is 0 Å². The number of rotatable bonds is 4. The fourth-order valence-corrected chi connectivity index (χ4v) is 4.90. The fourth-order valence-electron chi connectivity index (χ4n) is 3.76. The summed E-state index contributed by atoms with van der Waals surface area (Å²) < 4.78 is 33.7. The van der Waals surface area contributed by atoms with Crippen molar-refractivity contribution < 1.29 is 18.3 Å². The van der Waals surface area contributed by atoms with Crippen LogP contribution in [0.5, 0.6) is 5.75 Å². The maximum absolute atomic E-state index is 14.4. The highest BCUT2D eigenvalue weighted by molar-refractivity contribution is 7.18. The second-order valence-corrected chi connectivity index (χ2v) is 8.41. The van der Waals surface area contributed by atoms with Crippen LogP contribution >= 0.6 is 11.3 Å². The first-order valence-electron chi connectivity index (χ1n) is 9.99. The van der Waals surface area contributed by atoms with Crippen LogP contribution in [0.1, 0.15) is 34.5 Å². The van der Waals surface area contributed by atoms with Gasteiger partial charge in [-0.1, -0.05) is 6.07 Å². The number of hydrogen-bond donors (Lipinski definition) is 0. The van der Waals surface area contributed by atoms with Crippen LogP contribution in [0.2, 0.25) is 0 Å². The molecule has 2 heterocycles. The van der Waals surface area contributed by atoms with Crippen molar-refractivity contribution in [3.63, 3.8) is 0 Å². The Bertz CT molecular complexity index is 1180. The summed E-state index contributed by atoms with van der Waals surface area (Å²) >= 11 is 1.26. The molecule has 0 spiro atoms. The van der Waals surface area contributed by atoms with Gasteiger partial charge in [-0.25, -0.2) is 8.78 Å². The van der Waals surface area contributed by atoms with Gasteiger partial charge in [0.05, 0.1) is 17.6 Å². The van der Waals surface area contributed by atoms with E-state index in [9.17, 15) is 13.6 Å². The van der Waals surface area contributed by atoms with Gasteiger partial charge in [0.15, 0.2) is 11.6 Å². The van der Waals surface area contributed by atoms with Crippen LogP contribution in [0.3, 0.4) is 0 Å². The van der Waals surface area contributed by atoms with Gasteiger partial charge in [-0.05, 0) is 66.8 Å². The van der Waals surface area contributed by atoms with Gasteiger partial charge in [-0.3, -0.25) is 4.79 Å². The second kappa shape index (κ2) is 8.86. The number of likely N-dealkylation sites (tertiary alicyclic amines) is 1. The number of methoxy groups -OCH3 is 1. The van der Waals surface area contributed by atoms with E-state index in [-0.39, 0.29) is 17.2 Å². The molecule has 1 amide bonds. The van der Waals surface area contributed by atoms with Crippen LogP contribution in [0.15, 0.2) is 42.5 Å². The monoisotopic (exact) mass is 438 g/mol. The van der Waals surface area contributed by atoms with E-state index < -0.39 is 11.6 Å². The Morgan fingerprint density at radius 1 is 1.03 bits per heavy atom. The van der Waals surface area contributed by atoms with Gasteiger partial charge >= 0.3 is 0 Å². The third-order valence-electron chi connectivity index (χ3n) is 5.40. The van der Waals surface area contributed by atoms with Gasteiger partial charge in [-0.15, -0.1) is 11.3 Å². The van der Waals surface area contributed by atoms with E-state index in [4.69, 9.17) is 10.00 Å². The van der Waals surface area contributed by atoms with Gasteiger partial charge in [0.2, 0.25) is 0 Å². The number of nitrogens with zero attached hydrogens (tertiary/aromatic N) is 2. The molecular formula is C24H20F2N2O2S. The van der Waals surface area contributed by atoms with Crippen molar-refractivity contribution in [1.29, 1.82) is 5.26 Å². The average Bonchev–Trinajstić information content (AvgIpc) is 3.24. The molecule has 1 fully saturated rings. The van der Waals surface area contributed by atoms with Crippen molar-refractivity contribution >= 4 is 17.2 Å². The summed E-state index contributed by atoms with van der Waals surface area (Å²) in [7, 11) is 1.39. The largest absolute Gasteiger partial charge is 0.494 e. The lowest BCUT2D eigenvalue weighted by Crippen LogP contribution is -2.35. The molecule has 0 unspecified atom stereocenters. The van der Waals surface area contributed by atoms with Gasteiger partial charge < -0.3 is 9.64 Å². The molecule has 0 N–H and O–H groups in total. The van der Waals surface area contributed by atoms with Crippen LogP contribution in [-0.2, 0) is 0 Å². The van der Waals surface area contributed by atoms with Gasteiger partial charge in [0, 0.05) is 23.5 Å². The van der Waals surface area contributed by atoms with Gasteiger partial charge in [0.1, 0.15) is 11.9 Å². The maximum atomic E-state index is 14.4. The molecule has 7 heteroatoms. The molecule has 0 bridgehead atoms. The van der Waals surface area contributed by atoms with E-state index in [1.807, 2.05) is 11.0 Å². The minimum absolute atomic E-state index is 0.0550. The maximum Gasteiger partial charge on any atom is 0.263 e. The van der Waals surface area contributed by atoms with E-state index in [0.29, 0.717) is 39.5 Å². The number of carbonyl (C=O) groups is 1. The highest BCUT2D eigenvalue weighted by Gasteiger charge is 2.23. The summed E-state index contributed by atoms with van der Waals surface area (Å²) in [6, 6.07) is 12.5. The van der Waals surface area contributed by atoms with Crippen molar-refractivity contribution in [1.82, 2.24) is 4.90 Å². The zero-order valence-electron chi connectivity index (χ0n) is 17.0. The Morgan fingerprint density at radius 2 is 1.74 bits per heavy atom. The number of piperidine rings is 1. The summed E-state index contributed by atoms with van der Waals surface area (Å²) in [5, 5.41) is 9.02. The molecule has 1 aliphatic heterocycles. The minimum atomic E-state index is -0.637. The number of carbonyl (C=O) groups excluding carboxylic acids is 1. The Kier molecular flexibility index (Phi) is 6.01. The summed E-state index contributed by atoms with van der Waals surface area (Å²) in [5.41, 5.74) is 1.66. The highest BCUT2D eigenvalue weighted by Crippen LogP contribution is 2.41. The predicted molar refractivity (Wildman–Crippen MR) is 116 cm³/mol. The van der Waals surface area contributed by atoms with Crippen LogP contribution < -0.4 is 4.74 Å². The zero-order chi connectivity index (χ0) is 22.0. The van der Waals surface area contributed by atoms with Gasteiger partial charge in [-0.2, -0.15) is 5.26 Å². The lowest BCUT2D eigenvalue weighted by Gasteiger charge is -2.26. The van der Waals surface area contributed by atoms with Gasteiger partial charge in [0.25, 0.3) is 5.91 Å². The Labute approximate surface area is 183 Å². The number of benzene rings is 2. The standard InChI is InChI=1S/C24H20F2N2O2S/c1-30-21-8-7-16(12-20(21)26)23-18(15-5-6-17(14-27)19(25)11-15)13-22(31-23)24(29)28-9-3-2-4-10-28/h5-8,11-13H,2-4,9-10H2,1H3. The third kappa shape index (κ3) is 4.17. The topological polar surface area (TPSA) is 53.3 Å². The predicted octanol–water partition coefficient (Wildman–Crippen LogP) is 5.87. The first-order chi connectivity index (χ1) is 15.0. The third-order valence-corrected chi connectivity index (χ3v) is 6.57. The Balaban J connectivity index is 1.82. The van der Waals surface area contributed by atoms with Crippen molar-refractivity contribution in [2.75, 3.05) is 20.2 Å².